The third kappa shape index (κ3) is 5.40. The van der Waals surface area contributed by atoms with E-state index in [-0.39, 0.29) is 0 Å². The Bertz CT molecular complexity index is 445. The Labute approximate surface area is 183 Å². The lowest BCUT2D eigenvalue weighted by Crippen LogP contribution is -2.49. The van der Waals surface area contributed by atoms with Crippen molar-refractivity contribution in [2.24, 2.45) is 58.2 Å². The molecule has 0 radical (unpaired) electrons. The minimum absolute atomic E-state index is 0.395. The molecule has 2 nitrogen and oxygen atoms in total. The Kier molecular flexibility index (Phi) is 10.2. The van der Waals surface area contributed by atoms with Gasteiger partial charge in [0.2, 0.25) is 0 Å². The van der Waals surface area contributed by atoms with Crippen LogP contribution in [0.2, 0.25) is 0 Å². The van der Waals surface area contributed by atoms with E-state index in [4.69, 9.17) is 9.47 Å². The predicted octanol–water partition coefficient (Wildman–Crippen LogP) is 7.56. The van der Waals surface area contributed by atoms with Crippen LogP contribution >= 0.6 is 0 Å². The van der Waals surface area contributed by atoms with E-state index >= 15 is 0 Å². The highest BCUT2D eigenvalue weighted by atomic mass is 16.5. The topological polar surface area (TPSA) is 18.5 Å². The number of hydrogen-bond acceptors (Lipinski definition) is 2. The fourth-order valence-corrected chi connectivity index (χ4v) is 6.94. The van der Waals surface area contributed by atoms with E-state index in [2.05, 4.69) is 83.1 Å². The average molecular weight is 411 g/mol. The first kappa shape index (κ1) is 27.0. The Hall–Kier alpha value is -0.0800. The van der Waals surface area contributed by atoms with E-state index in [9.17, 15) is 0 Å². The van der Waals surface area contributed by atoms with Gasteiger partial charge in [0.25, 0.3) is 0 Å². The molecule has 0 N–H and O–H groups in total. The molecule has 29 heavy (non-hydrogen) atoms. The van der Waals surface area contributed by atoms with Gasteiger partial charge in [0.1, 0.15) is 0 Å². The van der Waals surface area contributed by atoms with Crippen molar-refractivity contribution in [1.29, 1.82) is 0 Å². The quantitative estimate of drug-likeness (QED) is 0.449. The van der Waals surface area contributed by atoms with Crippen molar-refractivity contribution >= 4 is 0 Å². The predicted molar refractivity (Wildman–Crippen MR) is 127 cm³/mol. The van der Waals surface area contributed by atoms with Crippen molar-refractivity contribution in [1.82, 2.24) is 0 Å². The second-order valence-corrected chi connectivity index (χ2v) is 11.9. The standard InChI is InChI=1S/C14H28O.C13H26O/c1-10(2)13-7-8-15-9-14(13,11(3)4)12(5)6;1-9(2)12-7-14-8-13(12,10(3)4)11(5)6/h10-13H,7-9H2,1-6H3;9-12H,7-8H2,1-6H3/t13-;12-/m11/s1. The summed E-state index contributed by atoms with van der Waals surface area (Å²) >= 11 is 0. The number of ether oxygens (including phenoxy) is 2. The van der Waals surface area contributed by atoms with Crippen molar-refractivity contribution in [2.75, 3.05) is 26.4 Å². The van der Waals surface area contributed by atoms with Crippen molar-refractivity contribution in [2.45, 2.75) is 89.5 Å². The molecule has 2 atom stereocenters. The maximum absolute atomic E-state index is 5.79. The van der Waals surface area contributed by atoms with Crippen LogP contribution in [0, 0.1) is 58.2 Å². The van der Waals surface area contributed by atoms with Gasteiger partial charge in [-0.2, -0.15) is 0 Å². The van der Waals surface area contributed by atoms with Crippen LogP contribution < -0.4 is 0 Å². The smallest absolute Gasteiger partial charge is 0.0531 e. The molecule has 0 bridgehead atoms. The minimum atomic E-state index is 0.395. The number of hydrogen-bond donors (Lipinski definition) is 0. The molecule has 2 heteroatoms. The second-order valence-electron chi connectivity index (χ2n) is 11.9. The molecule has 2 fully saturated rings. The van der Waals surface area contributed by atoms with Crippen LogP contribution in [-0.4, -0.2) is 26.4 Å². The maximum Gasteiger partial charge on any atom is 0.0531 e. The molecule has 0 spiro atoms. The Morgan fingerprint density at radius 1 is 0.552 bits per heavy atom. The summed E-state index contributed by atoms with van der Waals surface area (Å²) in [7, 11) is 0. The van der Waals surface area contributed by atoms with Crippen LogP contribution in [0.1, 0.15) is 89.5 Å². The van der Waals surface area contributed by atoms with Crippen LogP contribution in [0.25, 0.3) is 0 Å². The summed E-state index contributed by atoms with van der Waals surface area (Å²) < 4.78 is 11.5. The first-order chi connectivity index (χ1) is 13.4. The highest BCUT2D eigenvalue weighted by molar-refractivity contribution is 4.96. The van der Waals surface area contributed by atoms with Crippen LogP contribution in [0.3, 0.4) is 0 Å². The lowest BCUT2D eigenvalue weighted by atomic mass is 9.57. The van der Waals surface area contributed by atoms with Crippen molar-refractivity contribution < 1.29 is 9.47 Å². The van der Waals surface area contributed by atoms with Crippen LogP contribution in [0.4, 0.5) is 0 Å². The van der Waals surface area contributed by atoms with E-state index in [0.29, 0.717) is 22.7 Å². The molecule has 0 saturated carbocycles. The first-order valence-electron chi connectivity index (χ1n) is 12.5. The molecule has 0 aromatic carbocycles. The molecular weight excluding hydrogens is 356 g/mol. The molecule has 2 saturated heterocycles. The lowest BCUT2D eigenvalue weighted by molar-refractivity contribution is -0.120. The van der Waals surface area contributed by atoms with E-state index < -0.39 is 0 Å². The zero-order chi connectivity index (χ0) is 22.6. The molecule has 0 aromatic rings. The lowest BCUT2D eigenvalue weighted by Gasteiger charge is -2.51. The highest BCUT2D eigenvalue weighted by Crippen LogP contribution is 2.50. The van der Waals surface area contributed by atoms with Crippen LogP contribution in [-0.2, 0) is 9.47 Å². The molecular formula is C27H54O2. The number of rotatable bonds is 6. The summed E-state index contributed by atoms with van der Waals surface area (Å²) in [5.74, 6) is 5.94. The summed E-state index contributed by atoms with van der Waals surface area (Å²) in [6, 6.07) is 0. The van der Waals surface area contributed by atoms with Gasteiger partial charge in [0.05, 0.1) is 19.8 Å². The third-order valence-corrected chi connectivity index (χ3v) is 8.86. The molecule has 174 valence electrons. The second kappa shape index (κ2) is 11.0. The van der Waals surface area contributed by atoms with Gasteiger partial charge in [0.15, 0.2) is 0 Å². The van der Waals surface area contributed by atoms with Crippen molar-refractivity contribution in [3.05, 3.63) is 0 Å². The van der Waals surface area contributed by atoms with E-state index in [1.807, 2.05) is 0 Å². The SMILES string of the molecule is CC(C)[C@H]1CCOCC1(C(C)C)C(C)C.CC(C)[C@H]1COCC1(C(C)C)C(C)C. The van der Waals surface area contributed by atoms with Crippen molar-refractivity contribution in [3.8, 4) is 0 Å². The normalized spacial score (nSPS) is 26.7. The highest BCUT2D eigenvalue weighted by Gasteiger charge is 2.49. The van der Waals surface area contributed by atoms with Gasteiger partial charge in [-0.3, -0.25) is 0 Å². The third-order valence-electron chi connectivity index (χ3n) is 8.86. The summed E-state index contributed by atoms with van der Waals surface area (Å²) in [5.41, 5.74) is 0.806. The van der Waals surface area contributed by atoms with E-state index in [1.165, 1.54) is 6.42 Å². The van der Waals surface area contributed by atoms with Gasteiger partial charge in [-0.1, -0.05) is 83.1 Å². The summed E-state index contributed by atoms with van der Waals surface area (Å²) in [6.45, 7) is 32.1. The molecule has 0 aromatic heterocycles. The molecule has 2 aliphatic rings. The Balaban J connectivity index is 0.000000291. The van der Waals surface area contributed by atoms with E-state index in [0.717, 1.165) is 61.9 Å². The summed E-state index contributed by atoms with van der Waals surface area (Å²) in [5, 5.41) is 0. The minimum Gasteiger partial charge on any atom is -0.381 e. The Morgan fingerprint density at radius 2 is 0.931 bits per heavy atom. The van der Waals surface area contributed by atoms with Crippen molar-refractivity contribution in [3.63, 3.8) is 0 Å². The summed E-state index contributed by atoms with van der Waals surface area (Å²) in [6.07, 6.45) is 1.24. The van der Waals surface area contributed by atoms with Gasteiger partial charge in [-0.05, 0) is 53.8 Å². The molecule has 0 amide bonds. The van der Waals surface area contributed by atoms with Gasteiger partial charge < -0.3 is 9.47 Å². The Morgan fingerprint density at radius 3 is 1.24 bits per heavy atom. The largest absolute Gasteiger partial charge is 0.381 e. The zero-order valence-corrected chi connectivity index (χ0v) is 22.0. The van der Waals surface area contributed by atoms with Crippen LogP contribution in [0.15, 0.2) is 0 Å². The molecule has 0 unspecified atom stereocenters. The fourth-order valence-electron chi connectivity index (χ4n) is 6.94. The fraction of sp³-hybridized carbons (Fsp3) is 1.00. The molecule has 2 heterocycles. The molecule has 0 aliphatic carbocycles. The van der Waals surface area contributed by atoms with Gasteiger partial charge in [-0.15, -0.1) is 0 Å². The average Bonchev–Trinajstić information content (AvgIpc) is 3.08. The zero-order valence-electron chi connectivity index (χ0n) is 22.0. The van der Waals surface area contributed by atoms with Gasteiger partial charge >= 0.3 is 0 Å². The van der Waals surface area contributed by atoms with Gasteiger partial charge in [-0.25, -0.2) is 0 Å². The molecule has 2 aliphatic heterocycles. The molecule has 2 rings (SSSR count). The summed E-state index contributed by atoms with van der Waals surface area (Å²) in [4.78, 5) is 0. The first-order valence-corrected chi connectivity index (χ1v) is 12.5. The monoisotopic (exact) mass is 410 g/mol. The maximum atomic E-state index is 5.79. The van der Waals surface area contributed by atoms with E-state index in [1.54, 1.807) is 0 Å². The van der Waals surface area contributed by atoms with Gasteiger partial charge in [0, 0.05) is 17.4 Å². The van der Waals surface area contributed by atoms with Crippen LogP contribution in [0.5, 0.6) is 0 Å².